The third kappa shape index (κ3) is 16.6. The van der Waals surface area contributed by atoms with Gasteiger partial charge in [-0.05, 0) is 6.92 Å². The van der Waals surface area contributed by atoms with Gasteiger partial charge in [-0.1, -0.05) is 18.4 Å². The third-order valence-electron chi connectivity index (χ3n) is 0.381. The van der Waals surface area contributed by atoms with E-state index in [0.29, 0.717) is 0 Å². The highest BCUT2D eigenvalue weighted by Gasteiger charge is 1.96. The molecular weight excluding hydrogens is 121 g/mol. The predicted molar refractivity (Wildman–Crippen MR) is 38.6 cm³/mol. The van der Waals surface area contributed by atoms with Crippen molar-refractivity contribution in [2.24, 2.45) is 0 Å². The Morgan fingerprint density at radius 1 is 1.50 bits per heavy atom. The van der Waals surface area contributed by atoms with Crippen LogP contribution in [0.15, 0.2) is 0 Å². The number of nitrogens with one attached hydrogen (secondary N) is 1. The van der Waals surface area contributed by atoms with Crippen molar-refractivity contribution in [2.45, 2.75) is 20.8 Å². The van der Waals surface area contributed by atoms with Crippen molar-refractivity contribution in [1.82, 2.24) is 5.09 Å². The summed E-state index contributed by atoms with van der Waals surface area (Å²) in [6, 6.07) is 0. The smallest absolute Gasteiger partial charge is 0.110 e. The zero-order valence-electron chi connectivity index (χ0n) is 6.06. The molecule has 0 fully saturated rings. The van der Waals surface area contributed by atoms with Crippen molar-refractivity contribution in [3.8, 4) is 0 Å². The van der Waals surface area contributed by atoms with Crippen LogP contribution < -0.4 is 5.09 Å². The van der Waals surface area contributed by atoms with Gasteiger partial charge < -0.3 is 0 Å². The third-order valence-corrected chi connectivity index (χ3v) is 1.14. The quantitative estimate of drug-likeness (QED) is 0.588. The molecule has 0 rings (SSSR count). The number of hydrogen-bond donors (Lipinski definition) is 1. The summed E-state index contributed by atoms with van der Waals surface area (Å²) in [7, 11) is -1.10. The van der Waals surface area contributed by atoms with E-state index in [1.54, 1.807) is 6.66 Å². The molecule has 0 aromatic rings. The van der Waals surface area contributed by atoms with Crippen LogP contribution in [0.5, 0.6) is 0 Å². The van der Waals surface area contributed by atoms with Crippen molar-refractivity contribution in [2.75, 3.05) is 13.2 Å². The lowest BCUT2D eigenvalue weighted by atomic mass is 10.8. The lowest BCUT2D eigenvalue weighted by Gasteiger charge is -1.72. The minimum Gasteiger partial charge on any atom is -0.110 e. The fourth-order valence-electron chi connectivity index (χ4n) is 0.223. The van der Waals surface area contributed by atoms with Gasteiger partial charge in [0.1, 0.15) is 0 Å². The Kier molecular flexibility index (Phi) is 13.8. The van der Waals surface area contributed by atoms with Crippen LogP contribution >= 0.6 is 7.95 Å². The maximum absolute atomic E-state index is 10.1. The molecule has 0 saturated carbocycles. The van der Waals surface area contributed by atoms with Gasteiger partial charge in [0.05, 0.1) is 0 Å². The fourth-order valence-corrected chi connectivity index (χ4v) is 0.668. The van der Waals surface area contributed by atoms with Gasteiger partial charge >= 0.3 is 7.95 Å². The van der Waals surface area contributed by atoms with E-state index in [0.717, 1.165) is 6.54 Å². The minimum absolute atomic E-state index is 0.797. The Hall–Kier alpha value is 0.0600. The highest BCUT2D eigenvalue weighted by atomic mass is 31.1. The van der Waals surface area contributed by atoms with Gasteiger partial charge in [0, 0.05) is 6.54 Å². The first-order valence-electron chi connectivity index (χ1n) is 2.91. The van der Waals surface area contributed by atoms with Crippen LogP contribution in [0.25, 0.3) is 0 Å². The molecule has 3 heteroatoms. The first-order chi connectivity index (χ1) is 3.77. The molecule has 1 atom stereocenters. The van der Waals surface area contributed by atoms with E-state index in [1.807, 2.05) is 20.8 Å². The van der Waals surface area contributed by atoms with Crippen LogP contribution in [0.4, 0.5) is 0 Å². The van der Waals surface area contributed by atoms with E-state index in [4.69, 9.17) is 0 Å². The maximum Gasteiger partial charge on any atom is 0.428 e. The summed E-state index contributed by atoms with van der Waals surface area (Å²) >= 11 is 0. The number of rotatable bonds is 2. The Bertz CT molecular complexity index is 56.4. The van der Waals surface area contributed by atoms with E-state index >= 15 is 0 Å². The molecule has 0 aromatic carbocycles. The molecule has 0 spiro atoms. The Balaban J connectivity index is 0. The molecule has 0 bridgehead atoms. The Labute approximate surface area is 52.5 Å². The van der Waals surface area contributed by atoms with Crippen molar-refractivity contribution in [3.05, 3.63) is 0 Å². The molecule has 50 valence electrons. The van der Waals surface area contributed by atoms with Gasteiger partial charge in [-0.25, -0.2) is 0 Å². The Morgan fingerprint density at radius 3 is 1.88 bits per heavy atom. The van der Waals surface area contributed by atoms with Crippen molar-refractivity contribution in [1.29, 1.82) is 0 Å². The molecule has 0 aliphatic rings. The topological polar surface area (TPSA) is 29.1 Å². The van der Waals surface area contributed by atoms with E-state index < -0.39 is 7.95 Å². The summed E-state index contributed by atoms with van der Waals surface area (Å²) < 4.78 is 10.1. The van der Waals surface area contributed by atoms with Gasteiger partial charge in [-0.15, -0.1) is 5.09 Å². The molecule has 2 nitrogen and oxygen atoms in total. The van der Waals surface area contributed by atoms with Crippen LogP contribution in [0.3, 0.4) is 0 Å². The van der Waals surface area contributed by atoms with Crippen LogP contribution in [-0.4, -0.2) is 13.2 Å². The second-order valence-corrected chi connectivity index (χ2v) is 2.32. The normalized spacial score (nSPS) is 9.25. The molecule has 1 unspecified atom stereocenters. The Morgan fingerprint density at radius 2 is 1.88 bits per heavy atom. The van der Waals surface area contributed by atoms with E-state index in [9.17, 15) is 4.57 Å². The van der Waals surface area contributed by atoms with Gasteiger partial charge in [-0.2, -0.15) is 0 Å². The molecule has 0 amide bonds. The second-order valence-electron chi connectivity index (χ2n) is 1.01. The minimum atomic E-state index is -1.10. The van der Waals surface area contributed by atoms with Crippen molar-refractivity contribution in [3.63, 3.8) is 0 Å². The lowest BCUT2D eigenvalue weighted by molar-refractivity contribution is 0.584. The van der Waals surface area contributed by atoms with E-state index in [-0.39, 0.29) is 0 Å². The summed E-state index contributed by atoms with van der Waals surface area (Å²) in [5.74, 6) is 0. The molecule has 1 N–H and O–H groups in total. The molecule has 0 radical (unpaired) electrons. The highest BCUT2D eigenvalue weighted by molar-refractivity contribution is 7.41. The summed E-state index contributed by atoms with van der Waals surface area (Å²) in [4.78, 5) is 0. The number of hydrogen-bond acceptors (Lipinski definition) is 1. The summed E-state index contributed by atoms with van der Waals surface area (Å²) in [5, 5.41) is 2.72. The SMILES string of the molecule is CC.CCN[P+](C)=O. The first-order valence-corrected chi connectivity index (χ1v) is 4.62. The van der Waals surface area contributed by atoms with E-state index in [1.165, 1.54) is 0 Å². The molecule has 0 aliphatic carbocycles. The van der Waals surface area contributed by atoms with E-state index in [2.05, 4.69) is 5.09 Å². The molecule has 0 heterocycles. The summed E-state index contributed by atoms with van der Waals surface area (Å²) in [5.41, 5.74) is 0. The summed E-state index contributed by atoms with van der Waals surface area (Å²) in [6.07, 6.45) is 0. The predicted octanol–water partition coefficient (Wildman–Crippen LogP) is 1.99. The molecular formula is C5H15NOP+. The zero-order valence-corrected chi connectivity index (χ0v) is 6.96. The van der Waals surface area contributed by atoms with Gasteiger partial charge in [0.25, 0.3) is 0 Å². The lowest BCUT2D eigenvalue weighted by Crippen LogP contribution is -1.98. The average molecular weight is 136 g/mol. The highest BCUT2D eigenvalue weighted by Crippen LogP contribution is 2.02. The zero-order chi connectivity index (χ0) is 6.99. The van der Waals surface area contributed by atoms with Crippen LogP contribution in [0, 0.1) is 0 Å². The second kappa shape index (κ2) is 10.1. The monoisotopic (exact) mass is 136 g/mol. The van der Waals surface area contributed by atoms with Gasteiger partial charge in [0.15, 0.2) is 6.66 Å². The largest absolute Gasteiger partial charge is 0.428 e. The van der Waals surface area contributed by atoms with Crippen LogP contribution in [0.2, 0.25) is 0 Å². The average Bonchev–Trinajstić information content (AvgIpc) is 1.72. The molecule has 0 aromatic heterocycles. The van der Waals surface area contributed by atoms with Crippen LogP contribution in [-0.2, 0) is 4.57 Å². The van der Waals surface area contributed by atoms with Crippen LogP contribution in [0.1, 0.15) is 20.8 Å². The van der Waals surface area contributed by atoms with Gasteiger partial charge in [0.2, 0.25) is 0 Å². The fraction of sp³-hybridized carbons (Fsp3) is 1.00. The summed E-state index contributed by atoms with van der Waals surface area (Å²) in [6.45, 7) is 8.38. The molecule has 8 heavy (non-hydrogen) atoms. The molecule has 0 aliphatic heterocycles. The standard InChI is InChI=1S/C3H9NOP.C2H6/c1-3-4-6(2)5;1-2/h3H2,1-2H3,(H,4,5);1-2H3/q+1;. The first kappa shape index (κ1) is 10.9. The molecule has 0 saturated heterocycles. The van der Waals surface area contributed by atoms with Crippen molar-refractivity contribution >= 4 is 7.95 Å². The maximum atomic E-state index is 10.1. The van der Waals surface area contributed by atoms with Gasteiger partial charge in [-0.3, -0.25) is 0 Å². The van der Waals surface area contributed by atoms with Crippen molar-refractivity contribution < 1.29 is 4.57 Å².